The van der Waals surface area contributed by atoms with Crippen LogP contribution < -0.4 is 0 Å². The van der Waals surface area contributed by atoms with Gasteiger partial charge in [-0.15, -0.1) is 0 Å². The van der Waals surface area contributed by atoms with Crippen molar-refractivity contribution in [2.24, 2.45) is 7.05 Å². The van der Waals surface area contributed by atoms with Crippen molar-refractivity contribution in [1.29, 1.82) is 0 Å². The summed E-state index contributed by atoms with van der Waals surface area (Å²) >= 11 is 0. The van der Waals surface area contributed by atoms with Crippen molar-refractivity contribution in [3.05, 3.63) is 18.0 Å². The first-order chi connectivity index (χ1) is 7.60. The quantitative estimate of drug-likeness (QED) is 0.778. The SMILES string of the molecule is Cn1cc(CC(=O)C2(C)CCCCO2)cn1. The highest BCUT2D eigenvalue weighted by Crippen LogP contribution is 2.26. The molecule has 2 heterocycles. The first-order valence-electron chi connectivity index (χ1n) is 5.75. The highest BCUT2D eigenvalue weighted by molar-refractivity contribution is 5.88. The molecule has 4 nitrogen and oxygen atoms in total. The maximum atomic E-state index is 12.1. The predicted molar refractivity (Wildman–Crippen MR) is 60.1 cm³/mol. The Morgan fingerprint density at radius 1 is 1.62 bits per heavy atom. The van der Waals surface area contributed by atoms with E-state index in [2.05, 4.69) is 5.10 Å². The van der Waals surface area contributed by atoms with Crippen LogP contribution in [0, 0.1) is 0 Å². The van der Waals surface area contributed by atoms with Gasteiger partial charge in [-0.3, -0.25) is 9.48 Å². The number of carbonyl (C=O) groups excluding carboxylic acids is 1. The van der Waals surface area contributed by atoms with Gasteiger partial charge in [0.25, 0.3) is 0 Å². The standard InChI is InChI=1S/C12H18N2O2/c1-12(5-3-4-6-16-12)11(15)7-10-8-13-14(2)9-10/h8-9H,3-7H2,1-2H3. The molecule has 0 bridgehead atoms. The lowest BCUT2D eigenvalue weighted by Crippen LogP contribution is -2.42. The molecule has 1 aromatic heterocycles. The van der Waals surface area contributed by atoms with Gasteiger partial charge in [0.1, 0.15) is 5.60 Å². The Labute approximate surface area is 95.6 Å². The zero-order chi connectivity index (χ0) is 11.6. The second kappa shape index (κ2) is 4.37. The summed E-state index contributed by atoms with van der Waals surface area (Å²) in [5.74, 6) is 0.167. The minimum atomic E-state index is -0.575. The summed E-state index contributed by atoms with van der Waals surface area (Å²) in [5.41, 5.74) is 0.386. The molecule has 1 fully saturated rings. The van der Waals surface area contributed by atoms with Crippen LogP contribution in [-0.2, 0) is 23.0 Å². The molecule has 2 rings (SSSR count). The third kappa shape index (κ3) is 2.32. The minimum Gasteiger partial charge on any atom is -0.367 e. The fourth-order valence-electron chi connectivity index (χ4n) is 2.09. The van der Waals surface area contributed by atoms with E-state index in [4.69, 9.17) is 4.74 Å². The zero-order valence-corrected chi connectivity index (χ0v) is 9.90. The smallest absolute Gasteiger partial charge is 0.168 e. The molecular formula is C12H18N2O2. The average molecular weight is 222 g/mol. The fraction of sp³-hybridized carbons (Fsp3) is 0.667. The molecule has 0 spiro atoms. The van der Waals surface area contributed by atoms with Gasteiger partial charge in [-0.2, -0.15) is 5.10 Å². The van der Waals surface area contributed by atoms with E-state index in [0.717, 1.165) is 24.8 Å². The number of nitrogens with zero attached hydrogens (tertiary/aromatic N) is 2. The van der Waals surface area contributed by atoms with Gasteiger partial charge in [0.05, 0.1) is 6.20 Å². The molecule has 0 amide bonds. The Hall–Kier alpha value is -1.16. The molecule has 1 aliphatic heterocycles. The number of hydrogen-bond donors (Lipinski definition) is 0. The van der Waals surface area contributed by atoms with Crippen LogP contribution >= 0.6 is 0 Å². The summed E-state index contributed by atoms with van der Waals surface area (Å²) in [7, 11) is 1.85. The van der Waals surface area contributed by atoms with E-state index in [9.17, 15) is 4.79 Å². The molecule has 16 heavy (non-hydrogen) atoms. The normalized spacial score (nSPS) is 25.6. The maximum Gasteiger partial charge on any atom is 0.168 e. The van der Waals surface area contributed by atoms with Gasteiger partial charge in [0.2, 0.25) is 0 Å². The minimum absolute atomic E-state index is 0.167. The Morgan fingerprint density at radius 3 is 3.00 bits per heavy atom. The lowest BCUT2D eigenvalue weighted by molar-refractivity contribution is -0.147. The molecule has 0 saturated carbocycles. The molecule has 4 heteroatoms. The van der Waals surface area contributed by atoms with Crippen LogP contribution in [0.2, 0.25) is 0 Å². The second-order valence-electron chi connectivity index (χ2n) is 4.66. The first-order valence-corrected chi connectivity index (χ1v) is 5.75. The summed E-state index contributed by atoms with van der Waals surface area (Å²) in [4.78, 5) is 12.1. The number of ketones is 1. The summed E-state index contributed by atoms with van der Waals surface area (Å²) in [5, 5.41) is 4.06. The van der Waals surface area contributed by atoms with E-state index in [-0.39, 0.29) is 5.78 Å². The van der Waals surface area contributed by atoms with Crippen LogP contribution in [-0.4, -0.2) is 27.8 Å². The summed E-state index contributed by atoms with van der Waals surface area (Å²) in [6.45, 7) is 2.61. The molecule has 1 saturated heterocycles. The molecular weight excluding hydrogens is 204 g/mol. The second-order valence-corrected chi connectivity index (χ2v) is 4.66. The van der Waals surface area contributed by atoms with Gasteiger partial charge < -0.3 is 4.74 Å². The number of aryl methyl sites for hydroxylation is 1. The van der Waals surface area contributed by atoms with Crippen LogP contribution in [0.1, 0.15) is 31.7 Å². The van der Waals surface area contributed by atoms with E-state index >= 15 is 0 Å². The lowest BCUT2D eigenvalue weighted by atomic mass is 9.89. The van der Waals surface area contributed by atoms with E-state index in [1.165, 1.54) is 0 Å². The Balaban J connectivity index is 2.01. The van der Waals surface area contributed by atoms with E-state index < -0.39 is 5.60 Å². The molecule has 0 radical (unpaired) electrons. The van der Waals surface area contributed by atoms with Crippen LogP contribution in [0.15, 0.2) is 12.4 Å². The monoisotopic (exact) mass is 222 g/mol. The Kier molecular flexibility index (Phi) is 3.10. The molecule has 88 valence electrons. The van der Waals surface area contributed by atoms with Crippen molar-refractivity contribution in [3.8, 4) is 0 Å². The summed E-state index contributed by atoms with van der Waals surface area (Å²) in [6.07, 6.45) is 7.02. The number of carbonyl (C=O) groups is 1. The third-order valence-corrected chi connectivity index (χ3v) is 3.18. The van der Waals surface area contributed by atoms with Gasteiger partial charge in [0.15, 0.2) is 5.78 Å². The summed E-state index contributed by atoms with van der Waals surface area (Å²) < 4.78 is 7.34. The number of hydrogen-bond acceptors (Lipinski definition) is 3. The molecule has 1 aliphatic rings. The van der Waals surface area contributed by atoms with Crippen LogP contribution in [0.4, 0.5) is 0 Å². The van der Waals surface area contributed by atoms with E-state index in [1.807, 2.05) is 20.2 Å². The van der Waals surface area contributed by atoms with Gasteiger partial charge >= 0.3 is 0 Å². The van der Waals surface area contributed by atoms with Crippen LogP contribution in [0.25, 0.3) is 0 Å². The topological polar surface area (TPSA) is 44.1 Å². The number of ether oxygens (including phenoxy) is 1. The number of rotatable bonds is 3. The number of Topliss-reactive ketones (excluding diaryl/α,β-unsaturated/α-hetero) is 1. The van der Waals surface area contributed by atoms with Crippen molar-refractivity contribution < 1.29 is 9.53 Å². The molecule has 1 unspecified atom stereocenters. The highest BCUT2D eigenvalue weighted by Gasteiger charge is 2.35. The Bertz CT molecular complexity index is 378. The summed E-state index contributed by atoms with van der Waals surface area (Å²) in [6, 6.07) is 0. The Morgan fingerprint density at radius 2 is 2.44 bits per heavy atom. The largest absolute Gasteiger partial charge is 0.367 e. The number of aromatic nitrogens is 2. The van der Waals surface area contributed by atoms with E-state index in [0.29, 0.717) is 13.0 Å². The van der Waals surface area contributed by atoms with Crippen molar-refractivity contribution >= 4 is 5.78 Å². The van der Waals surface area contributed by atoms with Gasteiger partial charge in [-0.05, 0) is 31.7 Å². The molecule has 0 aromatic carbocycles. The van der Waals surface area contributed by atoms with Crippen molar-refractivity contribution in [3.63, 3.8) is 0 Å². The van der Waals surface area contributed by atoms with Crippen LogP contribution in [0.3, 0.4) is 0 Å². The van der Waals surface area contributed by atoms with Crippen molar-refractivity contribution in [1.82, 2.24) is 9.78 Å². The van der Waals surface area contributed by atoms with Gasteiger partial charge in [-0.1, -0.05) is 0 Å². The fourth-order valence-corrected chi connectivity index (χ4v) is 2.09. The predicted octanol–water partition coefficient (Wildman–Crippen LogP) is 1.49. The van der Waals surface area contributed by atoms with Crippen LogP contribution in [0.5, 0.6) is 0 Å². The average Bonchev–Trinajstić information content (AvgIpc) is 2.65. The highest BCUT2D eigenvalue weighted by atomic mass is 16.5. The zero-order valence-electron chi connectivity index (χ0n) is 9.90. The first kappa shape index (κ1) is 11.3. The van der Waals surface area contributed by atoms with Gasteiger partial charge in [0, 0.05) is 26.3 Å². The maximum absolute atomic E-state index is 12.1. The lowest BCUT2D eigenvalue weighted by Gasteiger charge is -2.32. The molecule has 0 N–H and O–H groups in total. The molecule has 1 aromatic rings. The van der Waals surface area contributed by atoms with Crippen molar-refractivity contribution in [2.75, 3.05) is 6.61 Å². The third-order valence-electron chi connectivity index (χ3n) is 3.18. The molecule has 1 atom stereocenters. The van der Waals surface area contributed by atoms with Gasteiger partial charge in [-0.25, -0.2) is 0 Å². The molecule has 0 aliphatic carbocycles. The van der Waals surface area contributed by atoms with Crippen molar-refractivity contribution in [2.45, 2.75) is 38.2 Å². The van der Waals surface area contributed by atoms with E-state index in [1.54, 1.807) is 10.9 Å².